The summed E-state index contributed by atoms with van der Waals surface area (Å²) in [5.74, 6) is -1.60. The van der Waals surface area contributed by atoms with Gasteiger partial charge in [-0.2, -0.15) is 0 Å². The van der Waals surface area contributed by atoms with Crippen LogP contribution in [0.25, 0.3) is 0 Å². The SMILES string of the molecule is CC[C@H](C)[C@@H]([C@@H](CC(=O)N1CCC[C@H]1[C@H](OC)[C@@H](C)C(=O)N(C)CCc1ccccc1[N+](=O)[O-])OC)N(C)C(=O)[C@@H](NC(=O)[C@H](C)N(C)C)C(C)C. The van der Waals surface area contributed by atoms with Crippen LogP contribution in [0.4, 0.5) is 5.69 Å². The lowest BCUT2D eigenvalue weighted by Gasteiger charge is -2.41. The summed E-state index contributed by atoms with van der Waals surface area (Å²) < 4.78 is 11.9. The van der Waals surface area contributed by atoms with Gasteiger partial charge in [0.05, 0.1) is 47.6 Å². The predicted molar refractivity (Wildman–Crippen MR) is 200 cm³/mol. The van der Waals surface area contributed by atoms with E-state index in [-0.39, 0.29) is 60.2 Å². The van der Waals surface area contributed by atoms with E-state index >= 15 is 0 Å². The number of ether oxygens (including phenoxy) is 2. The summed E-state index contributed by atoms with van der Waals surface area (Å²) in [6.45, 7) is 12.2. The molecule has 1 aromatic carbocycles. The van der Waals surface area contributed by atoms with Crippen molar-refractivity contribution in [3.63, 3.8) is 0 Å². The monoisotopic (exact) mass is 732 g/mol. The van der Waals surface area contributed by atoms with Gasteiger partial charge in [0, 0.05) is 53.0 Å². The maximum absolute atomic E-state index is 14.1. The molecule has 0 unspecified atom stereocenters. The van der Waals surface area contributed by atoms with E-state index in [1.807, 2.05) is 41.8 Å². The molecule has 1 aliphatic rings. The third kappa shape index (κ3) is 11.2. The quantitative estimate of drug-likeness (QED) is 0.156. The molecule has 1 saturated heterocycles. The van der Waals surface area contributed by atoms with E-state index in [0.717, 1.165) is 12.8 Å². The molecule has 2 rings (SSSR count). The summed E-state index contributed by atoms with van der Waals surface area (Å²) in [4.78, 5) is 72.6. The van der Waals surface area contributed by atoms with Crippen molar-refractivity contribution >= 4 is 29.3 Å². The number of nitro benzene ring substituents is 1. The smallest absolute Gasteiger partial charge is 0.272 e. The molecular weight excluding hydrogens is 668 g/mol. The van der Waals surface area contributed by atoms with Crippen molar-refractivity contribution in [3.05, 3.63) is 39.9 Å². The molecule has 0 spiro atoms. The molecule has 52 heavy (non-hydrogen) atoms. The van der Waals surface area contributed by atoms with Crippen LogP contribution in [0.3, 0.4) is 0 Å². The topological polar surface area (TPSA) is 155 Å². The summed E-state index contributed by atoms with van der Waals surface area (Å²) >= 11 is 0. The number of carbonyl (C=O) groups is 4. The highest BCUT2D eigenvalue weighted by Crippen LogP contribution is 2.30. The van der Waals surface area contributed by atoms with Gasteiger partial charge in [-0.1, -0.05) is 59.2 Å². The molecule has 4 amide bonds. The largest absolute Gasteiger partial charge is 0.379 e. The standard InChI is InChI=1S/C38H64N6O8/c1-13-25(4)34(42(10)38(48)33(24(2)3)39-36(46)27(6)40(7)8)31(51-11)23-32(45)43-21-16-19-30(43)35(52-12)26(5)37(47)41(9)22-20-28-17-14-15-18-29(28)44(49)50/h14-15,17-18,24-27,30-31,33-35H,13,16,19-23H2,1-12H3,(H,39,46)/t25-,26+,27-,30-,31+,33-,34-,35+/m0/s1. The first kappa shape index (κ1) is 44.5. The van der Waals surface area contributed by atoms with Crippen LogP contribution < -0.4 is 5.32 Å². The molecular formula is C38H64N6O8. The molecule has 0 aliphatic carbocycles. The molecule has 1 fully saturated rings. The summed E-state index contributed by atoms with van der Waals surface area (Å²) in [6.07, 6.45) is 1.27. The number of likely N-dealkylation sites (tertiary alicyclic amines) is 1. The number of amides is 4. The zero-order valence-electron chi connectivity index (χ0n) is 33.5. The van der Waals surface area contributed by atoms with Gasteiger partial charge in [-0.25, -0.2) is 0 Å². The summed E-state index contributed by atoms with van der Waals surface area (Å²) in [5.41, 5.74) is 0.572. The molecule has 294 valence electrons. The third-order valence-electron chi connectivity index (χ3n) is 10.9. The minimum atomic E-state index is -0.759. The fraction of sp³-hybridized carbons (Fsp3) is 0.737. The summed E-state index contributed by atoms with van der Waals surface area (Å²) in [5, 5.41) is 14.4. The predicted octanol–water partition coefficient (Wildman–Crippen LogP) is 3.61. The lowest BCUT2D eigenvalue weighted by molar-refractivity contribution is -0.385. The molecule has 0 bridgehead atoms. The molecule has 0 radical (unpaired) electrons. The number of nitrogens with zero attached hydrogens (tertiary/aromatic N) is 5. The Morgan fingerprint density at radius 2 is 1.63 bits per heavy atom. The normalized spacial score (nSPS) is 18.7. The van der Waals surface area contributed by atoms with Crippen molar-refractivity contribution in [2.45, 2.75) is 110 Å². The van der Waals surface area contributed by atoms with Crippen molar-refractivity contribution in [2.75, 3.05) is 55.5 Å². The Morgan fingerprint density at radius 3 is 2.17 bits per heavy atom. The summed E-state index contributed by atoms with van der Waals surface area (Å²) in [7, 11) is 10.1. The second-order valence-corrected chi connectivity index (χ2v) is 14.9. The van der Waals surface area contributed by atoms with E-state index in [4.69, 9.17) is 9.47 Å². The van der Waals surface area contributed by atoms with Crippen LogP contribution in [-0.2, 0) is 35.1 Å². The fourth-order valence-electron chi connectivity index (χ4n) is 7.19. The van der Waals surface area contributed by atoms with Gasteiger partial charge in [0.2, 0.25) is 23.6 Å². The first-order chi connectivity index (χ1) is 24.4. The molecule has 14 heteroatoms. The Kier molecular flexibility index (Phi) is 17.6. The van der Waals surface area contributed by atoms with Crippen LogP contribution in [0.1, 0.15) is 72.8 Å². The van der Waals surface area contributed by atoms with Gasteiger partial charge in [0.15, 0.2) is 0 Å². The van der Waals surface area contributed by atoms with Gasteiger partial charge in [-0.3, -0.25) is 34.2 Å². The molecule has 1 heterocycles. The number of likely N-dealkylation sites (N-methyl/N-ethyl adjacent to an activating group) is 3. The van der Waals surface area contributed by atoms with E-state index in [9.17, 15) is 29.3 Å². The van der Waals surface area contributed by atoms with Crippen molar-refractivity contribution in [2.24, 2.45) is 17.8 Å². The van der Waals surface area contributed by atoms with Crippen molar-refractivity contribution in [1.82, 2.24) is 24.9 Å². The molecule has 14 nitrogen and oxygen atoms in total. The van der Waals surface area contributed by atoms with Crippen LogP contribution in [0.2, 0.25) is 0 Å². The zero-order valence-corrected chi connectivity index (χ0v) is 33.5. The Hall–Kier alpha value is -3.62. The molecule has 1 aromatic rings. The first-order valence-corrected chi connectivity index (χ1v) is 18.5. The third-order valence-corrected chi connectivity index (χ3v) is 10.9. The van der Waals surface area contributed by atoms with Gasteiger partial charge >= 0.3 is 0 Å². The number of hydrogen-bond acceptors (Lipinski definition) is 9. The van der Waals surface area contributed by atoms with E-state index in [1.165, 1.54) is 6.07 Å². The number of nitrogens with one attached hydrogen (secondary N) is 1. The lowest BCUT2D eigenvalue weighted by Crippen LogP contribution is -2.59. The van der Waals surface area contributed by atoms with Gasteiger partial charge in [-0.15, -0.1) is 0 Å². The first-order valence-electron chi connectivity index (χ1n) is 18.5. The lowest BCUT2D eigenvalue weighted by atomic mass is 9.89. The van der Waals surface area contributed by atoms with Gasteiger partial charge < -0.3 is 29.5 Å². The zero-order chi connectivity index (χ0) is 39.4. The number of benzene rings is 1. The van der Waals surface area contributed by atoms with Crippen LogP contribution in [0.15, 0.2) is 24.3 Å². The van der Waals surface area contributed by atoms with Gasteiger partial charge in [0.25, 0.3) is 5.69 Å². The van der Waals surface area contributed by atoms with Crippen molar-refractivity contribution in [1.29, 1.82) is 0 Å². The summed E-state index contributed by atoms with van der Waals surface area (Å²) in [6, 6.07) is 4.52. The Bertz CT molecular complexity index is 1360. The van der Waals surface area contributed by atoms with Crippen LogP contribution in [0.5, 0.6) is 0 Å². The number of carbonyl (C=O) groups excluding carboxylic acids is 4. The highest BCUT2D eigenvalue weighted by atomic mass is 16.6. The maximum Gasteiger partial charge on any atom is 0.272 e. The maximum atomic E-state index is 14.1. The minimum absolute atomic E-state index is 0.0184. The van der Waals surface area contributed by atoms with Crippen LogP contribution >= 0.6 is 0 Å². The molecule has 0 saturated carbocycles. The molecule has 8 atom stereocenters. The van der Waals surface area contributed by atoms with E-state index < -0.39 is 41.2 Å². The number of para-hydroxylation sites is 1. The second-order valence-electron chi connectivity index (χ2n) is 14.9. The molecule has 1 N–H and O–H groups in total. The number of nitro groups is 1. The van der Waals surface area contributed by atoms with Gasteiger partial charge in [-0.05, 0) is 52.1 Å². The van der Waals surface area contributed by atoms with E-state index in [2.05, 4.69) is 5.32 Å². The van der Waals surface area contributed by atoms with Crippen LogP contribution in [0, 0.1) is 27.9 Å². The Labute approximate surface area is 310 Å². The molecule has 1 aliphatic heterocycles. The fourth-order valence-corrected chi connectivity index (χ4v) is 7.19. The van der Waals surface area contributed by atoms with Crippen molar-refractivity contribution in [3.8, 4) is 0 Å². The Balaban J connectivity index is 2.23. The highest BCUT2D eigenvalue weighted by Gasteiger charge is 2.43. The minimum Gasteiger partial charge on any atom is -0.379 e. The van der Waals surface area contributed by atoms with Crippen LogP contribution in [-0.4, -0.2) is 140 Å². The number of rotatable bonds is 20. The van der Waals surface area contributed by atoms with Crippen molar-refractivity contribution < 1.29 is 33.6 Å². The second kappa shape index (κ2) is 20.6. The average Bonchev–Trinajstić information content (AvgIpc) is 3.60. The average molecular weight is 733 g/mol. The number of hydrogen-bond donors (Lipinski definition) is 1. The van der Waals surface area contributed by atoms with Gasteiger partial charge in [0.1, 0.15) is 6.04 Å². The Morgan fingerprint density at radius 1 is 1.00 bits per heavy atom. The highest BCUT2D eigenvalue weighted by molar-refractivity contribution is 5.90. The number of methoxy groups -OCH3 is 2. The van der Waals surface area contributed by atoms with E-state index in [1.54, 1.807) is 80.0 Å². The van der Waals surface area contributed by atoms with E-state index in [0.29, 0.717) is 24.9 Å². The molecule has 0 aromatic heterocycles.